The van der Waals surface area contributed by atoms with Gasteiger partial charge in [-0.25, -0.2) is 8.42 Å². The highest BCUT2D eigenvalue weighted by atomic mass is 32.2. The third-order valence-electron chi connectivity index (χ3n) is 3.94. The molecule has 0 saturated carbocycles. The summed E-state index contributed by atoms with van der Waals surface area (Å²) in [7, 11) is -3.45. The monoisotopic (exact) mass is 359 g/mol. The molecular weight excluding hydrogens is 334 g/mol. The highest BCUT2D eigenvalue weighted by Crippen LogP contribution is 2.15. The first-order valence-electron chi connectivity index (χ1n) is 8.32. The lowest BCUT2D eigenvalue weighted by Gasteiger charge is -2.26. The standard InChI is InChI=1S/C20H25NO3S/c1-16-9-11-18(12-10-16)25(23,24)14-13-19(22)21-20(2,3)15-17-7-5-4-6-8-17/h4-12H,13-15H2,1-3H3,(H,21,22). The molecule has 0 bridgehead atoms. The lowest BCUT2D eigenvalue weighted by molar-refractivity contribution is -0.122. The first-order chi connectivity index (χ1) is 11.7. The van der Waals surface area contributed by atoms with Gasteiger partial charge in [0.15, 0.2) is 9.84 Å². The third kappa shape index (κ3) is 6.02. The Morgan fingerprint density at radius 2 is 1.60 bits per heavy atom. The van der Waals surface area contributed by atoms with Crippen molar-refractivity contribution >= 4 is 15.7 Å². The van der Waals surface area contributed by atoms with Crippen LogP contribution in [0.4, 0.5) is 0 Å². The number of sulfone groups is 1. The molecule has 0 aliphatic carbocycles. The van der Waals surface area contributed by atoms with Crippen LogP contribution in [0.5, 0.6) is 0 Å². The van der Waals surface area contributed by atoms with Gasteiger partial charge in [-0.2, -0.15) is 0 Å². The van der Waals surface area contributed by atoms with Crippen LogP contribution in [0.15, 0.2) is 59.5 Å². The van der Waals surface area contributed by atoms with Gasteiger partial charge >= 0.3 is 0 Å². The van der Waals surface area contributed by atoms with Crippen molar-refractivity contribution in [1.29, 1.82) is 0 Å². The van der Waals surface area contributed by atoms with E-state index in [1.807, 2.05) is 51.1 Å². The van der Waals surface area contributed by atoms with E-state index < -0.39 is 15.4 Å². The molecule has 0 atom stereocenters. The smallest absolute Gasteiger partial charge is 0.221 e. The van der Waals surface area contributed by atoms with Crippen LogP contribution in [-0.2, 0) is 21.1 Å². The fourth-order valence-electron chi connectivity index (χ4n) is 2.68. The molecule has 0 saturated heterocycles. The summed E-state index contributed by atoms with van der Waals surface area (Å²) in [6, 6.07) is 16.6. The van der Waals surface area contributed by atoms with Gasteiger partial charge in [-0.3, -0.25) is 4.79 Å². The van der Waals surface area contributed by atoms with Crippen LogP contribution in [0.2, 0.25) is 0 Å². The van der Waals surface area contributed by atoms with Crippen LogP contribution in [0.1, 0.15) is 31.4 Å². The molecule has 1 N–H and O–H groups in total. The van der Waals surface area contributed by atoms with E-state index in [4.69, 9.17) is 0 Å². The Bertz CT molecular complexity index is 810. The number of carbonyl (C=O) groups excluding carboxylic acids is 1. The van der Waals surface area contributed by atoms with Gasteiger partial charge in [0.2, 0.25) is 5.91 Å². The Balaban J connectivity index is 1.92. The zero-order chi connectivity index (χ0) is 18.5. The molecule has 25 heavy (non-hydrogen) atoms. The summed E-state index contributed by atoms with van der Waals surface area (Å²) in [5, 5.41) is 2.93. The van der Waals surface area contributed by atoms with Gasteiger partial charge in [0.05, 0.1) is 10.6 Å². The topological polar surface area (TPSA) is 63.2 Å². The van der Waals surface area contributed by atoms with Crippen LogP contribution < -0.4 is 5.32 Å². The summed E-state index contributed by atoms with van der Waals surface area (Å²) in [5.41, 5.74) is 1.69. The van der Waals surface area contributed by atoms with Crippen molar-refractivity contribution in [2.24, 2.45) is 0 Å². The average molecular weight is 359 g/mol. The second-order valence-electron chi connectivity index (χ2n) is 6.98. The molecule has 134 valence electrons. The second kappa shape index (κ2) is 7.83. The Kier molecular flexibility index (Phi) is 6.01. The van der Waals surface area contributed by atoms with Gasteiger partial charge in [-0.05, 0) is 44.9 Å². The van der Waals surface area contributed by atoms with E-state index in [-0.39, 0.29) is 23.0 Å². The summed E-state index contributed by atoms with van der Waals surface area (Å²) in [4.78, 5) is 12.5. The molecule has 1 amide bonds. The summed E-state index contributed by atoms with van der Waals surface area (Å²) < 4.78 is 24.6. The van der Waals surface area contributed by atoms with Crippen LogP contribution in [0.25, 0.3) is 0 Å². The van der Waals surface area contributed by atoms with E-state index in [0.29, 0.717) is 6.42 Å². The number of rotatable bonds is 7. The molecule has 5 heteroatoms. The molecule has 0 aromatic heterocycles. The molecule has 2 rings (SSSR count). The molecule has 2 aromatic rings. The predicted molar refractivity (Wildman–Crippen MR) is 100 cm³/mol. The summed E-state index contributed by atoms with van der Waals surface area (Å²) in [5.74, 6) is -0.444. The highest BCUT2D eigenvalue weighted by Gasteiger charge is 2.23. The van der Waals surface area contributed by atoms with Gasteiger partial charge in [0.1, 0.15) is 0 Å². The second-order valence-corrected chi connectivity index (χ2v) is 9.09. The van der Waals surface area contributed by atoms with Gasteiger partial charge in [-0.15, -0.1) is 0 Å². The van der Waals surface area contributed by atoms with Crippen molar-refractivity contribution in [3.05, 3.63) is 65.7 Å². The quantitative estimate of drug-likeness (QED) is 0.825. The first kappa shape index (κ1) is 19.2. The van der Waals surface area contributed by atoms with E-state index in [1.165, 1.54) is 0 Å². The molecule has 0 spiro atoms. The number of nitrogens with one attached hydrogen (secondary N) is 1. The number of amides is 1. The molecule has 0 fully saturated rings. The Morgan fingerprint density at radius 1 is 1.00 bits per heavy atom. The molecule has 0 unspecified atom stereocenters. The SMILES string of the molecule is Cc1ccc(S(=O)(=O)CCC(=O)NC(C)(C)Cc2ccccc2)cc1. The number of aryl methyl sites for hydroxylation is 1. The molecule has 0 heterocycles. The van der Waals surface area contributed by atoms with Crippen molar-refractivity contribution in [3.63, 3.8) is 0 Å². The van der Waals surface area contributed by atoms with E-state index in [9.17, 15) is 13.2 Å². The molecule has 2 aromatic carbocycles. The Morgan fingerprint density at radius 3 is 2.20 bits per heavy atom. The number of benzene rings is 2. The maximum absolute atomic E-state index is 12.3. The predicted octanol–water partition coefficient (Wildman–Crippen LogP) is 3.30. The normalized spacial score (nSPS) is 12.0. The van der Waals surface area contributed by atoms with Gasteiger partial charge in [-0.1, -0.05) is 48.0 Å². The minimum Gasteiger partial charge on any atom is -0.351 e. The molecular formula is C20H25NO3S. The van der Waals surface area contributed by atoms with Crippen LogP contribution >= 0.6 is 0 Å². The molecule has 0 radical (unpaired) electrons. The van der Waals surface area contributed by atoms with Crippen molar-refractivity contribution < 1.29 is 13.2 Å². The van der Waals surface area contributed by atoms with Crippen molar-refractivity contribution in [3.8, 4) is 0 Å². The summed E-state index contributed by atoms with van der Waals surface area (Å²) in [6.45, 7) is 5.78. The van der Waals surface area contributed by atoms with E-state index in [1.54, 1.807) is 24.3 Å². The molecule has 4 nitrogen and oxygen atoms in total. The lowest BCUT2D eigenvalue weighted by Crippen LogP contribution is -2.45. The lowest BCUT2D eigenvalue weighted by atomic mass is 9.95. The number of hydrogen-bond donors (Lipinski definition) is 1. The van der Waals surface area contributed by atoms with Crippen LogP contribution in [-0.4, -0.2) is 25.6 Å². The van der Waals surface area contributed by atoms with E-state index in [2.05, 4.69) is 5.32 Å². The number of hydrogen-bond acceptors (Lipinski definition) is 3. The van der Waals surface area contributed by atoms with Crippen molar-refractivity contribution in [2.45, 2.75) is 44.0 Å². The first-order valence-corrected chi connectivity index (χ1v) is 9.98. The zero-order valence-electron chi connectivity index (χ0n) is 15.0. The third-order valence-corrected chi connectivity index (χ3v) is 5.68. The maximum Gasteiger partial charge on any atom is 0.221 e. The summed E-state index contributed by atoms with van der Waals surface area (Å²) in [6.07, 6.45) is 0.638. The van der Waals surface area contributed by atoms with Gasteiger partial charge in [0, 0.05) is 12.0 Å². The number of carbonyl (C=O) groups is 1. The zero-order valence-corrected chi connectivity index (χ0v) is 15.8. The maximum atomic E-state index is 12.3. The van der Waals surface area contributed by atoms with Crippen molar-refractivity contribution in [1.82, 2.24) is 5.32 Å². The van der Waals surface area contributed by atoms with Crippen LogP contribution in [0.3, 0.4) is 0 Å². The summed E-state index contributed by atoms with van der Waals surface area (Å²) >= 11 is 0. The van der Waals surface area contributed by atoms with Crippen LogP contribution in [0, 0.1) is 6.92 Å². The highest BCUT2D eigenvalue weighted by molar-refractivity contribution is 7.91. The minimum atomic E-state index is -3.45. The minimum absolute atomic E-state index is 0.0472. The fraction of sp³-hybridized carbons (Fsp3) is 0.350. The molecule has 0 aliphatic rings. The van der Waals surface area contributed by atoms with Gasteiger partial charge in [0.25, 0.3) is 0 Å². The van der Waals surface area contributed by atoms with E-state index in [0.717, 1.165) is 11.1 Å². The Labute approximate surface area is 150 Å². The van der Waals surface area contributed by atoms with E-state index >= 15 is 0 Å². The Hall–Kier alpha value is -2.14. The average Bonchev–Trinajstić information content (AvgIpc) is 2.53. The largest absolute Gasteiger partial charge is 0.351 e. The molecule has 0 aliphatic heterocycles. The fourth-order valence-corrected chi connectivity index (χ4v) is 3.92. The van der Waals surface area contributed by atoms with Crippen molar-refractivity contribution in [2.75, 3.05) is 5.75 Å². The van der Waals surface area contributed by atoms with Gasteiger partial charge < -0.3 is 5.32 Å².